The van der Waals surface area contributed by atoms with Crippen LogP contribution in [0.15, 0.2) is 18.6 Å². The van der Waals surface area contributed by atoms with Crippen LogP contribution in [0.1, 0.15) is 35.8 Å². The van der Waals surface area contributed by atoms with Crippen LogP contribution >= 0.6 is 0 Å². The maximum Gasteiger partial charge on any atom is 0.356 e. The molecule has 2 heterocycles. The Morgan fingerprint density at radius 3 is 2.80 bits per heavy atom. The van der Waals surface area contributed by atoms with E-state index in [4.69, 9.17) is 5.11 Å². The van der Waals surface area contributed by atoms with E-state index in [2.05, 4.69) is 23.8 Å². The monoisotopic (exact) mass is 205 g/mol. The summed E-state index contributed by atoms with van der Waals surface area (Å²) in [5.74, 6) is -0.263. The minimum Gasteiger partial charge on any atom is -0.476 e. The van der Waals surface area contributed by atoms with E-state index in [-0.39, 0.29) is 5.69 Å². The summed E-state index contributed by atoms with van der Waals surface area (Å²) >= 11 is 0. The van der Waals surface area contributed by atoms with Crippen molar-refractivity contribution in [3.63, 3.8) is 0 Å². The molecule has 2 aromatic heterocycles. The Kier molecular flexibility index (Phi) is 2.15. The second-order valence-corrected chi connectivity index (χ2v) is 3.68. The van der Waals surface area contributed by atoms with E-state index in [1.165, 1.54) is 6.20 Å². The highest BCUT2D eigenvalue weighted by molar-refractivity contribution is 5.85. The minimum atomic E-state index is -1.04. The van der Waals surface area contributed by atoms with E-state index < -0.39 is 5.97 Å². The first-order valence-electron chi connectivity index (χ1n) is 4.66. The van der Waals surface area contributed by atoms with Gasteiger partial charge in [-0.3, -0.25) is 4.40 Å². The Morgan fingerprint density at radius 2 is 2.20 bits per heavy atom. The third-order valence-corrected chi connectivity index (χ3v) is 2.22. The number of hydrogen-bond acceptors (Lipinski definition) is 3. The van der Waals surface area contributed by atoms with Gasteiger partial charge >= 0.3 is 5.97 Å². The Balaban J connectivity index is 2.57. The van der Waals surface area contributed by atoms with Gasteiger partial charge in [0, 0.05) is 18.6 Å². The van der Waals surface area contributed by atoms with Crippen LogP contribution in [0.3, 0.4) is 0 Å². The predicted molar refractivity (Wildman–Crippen MR) is 54.0 cm³/mol. The Bertz CT molecular complexity index is 516. The van der Waals surface area contributed by atoms with Gasteiger partial charge in [-0.15, -0.1) is 0 Å². The molecule has 0 spiro atoms. The van der Waals surface area contributed by atoms with Gasteiger partial charge in [0.15, 0.2) is 5.69 Å². The lowest BCUT2D eigenvalue weighted by Gasteiger charge is -2.03. The van der Waals surface area contributed by atoms with Gasteiger partial charge in [0.2, 0.25) is 5.78 Å². The molecule has 15 heavy (non-hydrogen) atoms. The lowest BCUT2D eigenvalue weighted by Crippen LogP contribution is -1.95. The third-order valence-electron chi connectivity index (χ3n) is 2.22. The molecule has 0 aliphatic heterocycles. The summed E-state index contributed by atoms with van der Waals surface area (Å²) in [4.78, 5) is 18.6. The van der Waals surface area contributed by atoms with Crippen molar-refractivity contribution in [1.29, 1.82) is 0 Å². The van der Waals surface area contributed by atoms with E-state index in [0.717, 1.165) is 5.56 Å². The van der Waals surface area contributed by atoms with Gasteiger partial charge in [0.1, 0.15) is 0 Å². The van der Waals surface area contributed by atoms with Crippen LogP contribution in [-0.4, -0.2) is 25.4 Å². The molecule has 1 N–H and O–H groups in total. The largest absolute Gasteiger partial charge is 0.476 e. The van der Waals surface area contributed by atoms with Crippen LogP contribution in [0.2, 0.25) is 0 Å². The number of carboxylic acid groups (broad SMARTS) is 1. The number of aromatic carboxylic acids is 1. The molecule has 0 aliphatic rings. The van der Waals surface area contributed by atoms with Crippen molar-refractivity contribution in [3.05, 3.63) is 29.8 Å². The number of nitrogens with zero attached hydrogens (tertiary/aromatic N) is 3. The summed E-state index contributed by atoms with van der Waals surface area (Å²) in [6.07, 6.45) is 5.04. The molecule has 0 bridgehead atoms. The number of rotatable bonds is 2. The molecule has 0 atom stereocenters. The molecule has 0 aromatic carbocycles. The molecular weight excluding hydrogens is 194 g/mol. The van der Waals surface area contributed by atoms with E-state index in [9.17, 15) is 4.79 Å². The van der Waals surface area contributed by atoms with E-state index in [0.29, 0.717) is 11.7 Å². The van der Waals surface area contributed by atoms with E-state index >= 15 is 0 Å². The van der Waals surface area contributed by atoms with Crippen LogP contribution in [0.5, 0.6) is 0 Å². The third kappa shape index (κ3) is 1.68. The molecule has 0 amide bonds. The number of imidazole rings is 1. The van der Waals surface area contributed by atoms with Gasteiger partial charge in [-0.1, -0.05) is 13.8 Å². The van der Waals surface area contributed by atoms with Crippen LogP contribution < -0.4 is 0 Å². The first-order chi connectivity index (χ1) is 7.08. The molecule has 0 radical (unpaired) electrons. The Labute approximate surface area is 86.4 Å². The summed E-state index contributed by atoms with van der Waals surface area (Å²) in [6, 6.07) is 0. The number of carbonyl (C=O) groups is 1. The molecule has 5 heteroatoms. The number of fused-ring (bicyclic) bond motifs is 1. The molecule has 0 saturated heterocycles. The summed E-state index contributed by atoms with van der Waals surface area (Å²) in [7, 11) is 0. The maximum absolute atomic E-state index is 10.7. The van der Waals surface area contributed by atoms with Crippen LogP contribution in [0, 0.1) is 0 Å². The molecule has 5 nitrogen and oxygen atoms in total. The second-order valence-electron chi connectivity index (χ2n) is 3.68. The van der Waals surface area contributed by atoms with Gasteiger partial charge in [-0.25, -0.2) is 14.8 Å². The molecule has 0 saturated carbocycles. The lowest BCUT2D eigenvalue weighted by atomic mass is 10.1. The fourth-order valence-electron chi connectivity index (χ4n) is 1.30. The fourth-order valence-corrected chi connectivity index (χ4v) is 1.30. The standard InChI is InChI=1S/C10H11N3O2/c1-6(2)7-3-11-10-12-8(9(14)15)5-13(10)4-7/h3-6H,1-2H3,(H,14,15). The van der Waals surface area contributed by atoms with Gasteiger partial charge in [0.05, 0.1) is 0 Å². The van der Waals surface area contributed by atoms with Crippen LogP contribution in [0.25, 0.3) is 5.78 Å². The molecule has 0 fully saturated rings. The van der Waals surface area contributed by atoms with Gasteiger partial charge in [0.25, 0.3) is 0 Å². The van der Waals surface area contributed by atoms with Crippen LogP contribution in [-0.2, 0) is 0 Å². The highest BCUT2D eigenvalue weighted by atomic mass is 16.4. The van der Waals surface area contributed by atoms with Crippen molar-refractivity contribution in [2.24, 2.45) is 0 Å². The highest BCUT2D eigenvalue weighted by Gasteiger charge is 2.10. The average molecular weight is 205 g/mol. The Hall–Kier alpha value is -1.91. The molecule has 0 unspecified atom stereocenters. The molecule has 2 rings (SSSR count). The molecule has 0 aliphatic carbocycles. The van der Waals surface area contributed by atoms with Crippen molar-refractivity contribution >= 4 is 11.7 Å². The Morgan fingerprint density at radius 1 is 1.47 bits per heavy atom. The predicted octanol–water partition coefficient (Wildman–Crippen LogP) is 1.55. The zero-order valence-electron chi connectivity index (χ0n) is 8.51. The summed E-state index contributed by atoms with van der Waals surface area (Å²) < 4.78 is 1.64. The van der Waals surface area contributed by atoms with Crippen molar-refractivity contribution in [2.75, 3.05) is 0 Å². The van der Waals surface area contributed by atoms with Crippen molar-refractivity contribution in [2.45, 2.75) is 19.8 Å². The summed E-state index contributed by atoms with van der Waals surface area (Å²) in [5, 5.41) is 8.76. The summed E-state index contributed by atoms with van der Waals surface area (Å²) in [6.45, 7) is 4.11. The van der Waals surface area contributed by atoms with Gasteiger partial charge in [-0.2, -0.15) is 0 Å². The van der Waals surface area contributed by atoms with E-state index in [1.807, 2.05) is 6.20 Å². The summed E-state index contributed by atoms with van der Waals surface area (Å²) in [5.41, 5.74) is 1.07. The normalized spacial score (nSPS) is 11.1. The first-order valence-corrected chi connectivity index (χ1v) is 4.66. The zero-order chi connectivity index (χ0) is 11.0. The smallest absolute Gasteiger partial charge is 0.356 e. The van der Waals surface area contributed by atoms with E-state index in [1.54, 1.807) is 10.6 Å². The van der Waals surface area contributed by atoms with Gasteiger partial charge < -0.3 is 5.11 Å². The van der Waals surface area contributed by atoms with Crippen molar-refractivity contribution in [1.82, 2.24) is 14.4 Å². The van der Waals surface area contributed by atoms with Crippen molar-refractivity contribution in [3.8, 4) is 0 Å². The van der Waals surface area contributed by atoms with Crippen LogP contribution in [0.4, 0.5) is 0 Å². The fraction of sp³-hybridized carbons (Fsp3) is 0.300. The first kappa shape index (κ1) is 9.64. The average Bonchev–Trinajstić information content (AvgIpc) is 2.59. The second kappa shape index (κ2) is 3.34. The minimum absolute atomic E-state index is 0.0170. The molecule has 2 aromatic rings. The zero-order valence-corrected chi connectivity index (χ0v) is 8.51. The quantitative estimate of drug-likeness (QED) is 0.807. The molecular formula is C10H11N3O2. The maximum atomic E-state index is 10.7. The number of carboxylic acids is 1. The topological polar surface area (TPSA) is 67.5 Å². The number of aromatic nitrogens is 3. The van der Waals surface area contributed by atoms with Gasteiger partial charge in [-0.05, 0) is 11.5 Å². The highest BCUT2D eigenvalue weighted by Crippen LogP contribution is 2.13. The van der Waals surface area contributed by atoms with Crippen molar-refractivity contribution < 1.29 is 9.90 Å². The molecule has 78 valence electrons. The number of hydrogen-bond donors (Lipinski definition) is 1. The SMILES string of the molecule is CC(C)c1cnc2nc(C(=O)O)cn2c1. The lowest BCUT2D eigenvalue weighted by molar-refractivity contribution is 0.0691.